The molecule has 2 rings (SSSR count). The Labute approximate surface area is 102 Å². The van der Waals surface area contributed by atoms with E-state index in [9.17, 15) is 0 Å². The van der Waals surface area contributed by atoms with Gasteiger partial charge >= 0.3 is 0 Å². The molecule has 1 saturated heterocycles. The minimum absolute atomic E-state index is 0.0798. The van der Waals surface area contributed by atoms with E-state index in [4.69, 9.17) is 10.2 Å². The van der Waals surface area contributed by atoms with Crippen LogP contribution in [0.5, 0.6) is 0 Å². The maximum atomic E-state index is 5.94. The van der Waals surface area contributed by atoms with Gasteiger partial charge in [-0.05, 0) is 19.4 Å². The number of piperidine rings is 1. The van der Waals surface area contributed by atoms with Gasteiger partial charge in [-0.15, -0.1) is 10.2 Å². The predicted molar refractivity (Wildman–Crippen MR) is 65.5 cm³/mol. The largest absolute Gasteiger partial charge is 0.423 e. The Morgan fingerprint density at radius 3 is 2.76 bits per heavy atom. The van der Waals surface area contributed by atoms with Crippen LogP contribution in [-0.2, 0) is 12.0 Å². The molecular formula is C12H22N4O. The smallest absolute Gasteiger partial charge is 0.230 e. The molecule has 5 nitrogen and oxygen atoms in total. The van der Waals surface area contributed by atoms with Gasteiger partial charge in [-0.1, -0.05) is 20.8 Å². The molecule has 1 atom stereocenters. The number of likely N-dealkylation sites (tertiary alicyclic amines) is 1. The normalized spacial score (nSPS) is 22.9. The van der Waals surface area contributed by atoms with Crippen molar-refractivity contribution in [2.75, 3.05) is 13.1 Å². The zero-order valence-corrected chi connectivity index (χ0v) is 10.9. The molecule has 0 aromatic carbocycles. The second-order valence-corrected chi connectivity index (χ2v) is 5.89. The summed E-state index contributed by atoms with van der Waals surface area (Å²) in [7, 11) is 0. The zero-order valence-electron chi connectivity index (χ0n) is 10.9. The van der Waals surface area contributed by atoms with Crippen LogP contribution >= 0.6 is 0 Å². The fraction of sp³-hybridized carbons (Fsp3) is 0.833. The van der Waals surface area contributed by atoms with Gasteiger partial charge in [0.25, 0.3) is 0 Å². The summed E-state index contributed by atoms with van der Waals surface area (Å²) in [6.45, 7) is 8.92. The van der Waals surface area contributed by atoms with Crippen molar-refractivity contribution in [2.24, 2.45) is 5.73 Å². The first-order valence-corrected chi connectivity index (χ1v) is 6.26. The van der Waals surface area contributed by atoms with Crippen molar-refractivity contribution in [1.82, 2.24) is 15.1 Å². The molecule has 0 radical (unpaired) electrons. The highest BCUT2D eigenvalue weighted by molar-refractivity contribution is 4.96. The van der Waals surface area contributed by atoms with Crippen molar-refractivity contribution in [1.29, 1.82) is 0 Å². The fourth-order valence-corrected chi connectivity index (χ4v) is 2.05. The number of nitrogens with two attached hydrogens (primary N) is 1. The Balaban J connectivity index is 1.97. The quantitative estimate of drug-likeness (QED) is 0.841. The molecule has 1 aromatic heterocycles. The van der Waals surface area contributed by atoms with E-state index < -0.39 is 0 Å². The topological polar surface area (TPSA) is 68.2 Å². The Morgan fingerprint density at radius 2 is 2.18 bits per heavy atom. The molecular weight excluding hydrogens is 216 g/mol. The summed E-state index contributed by atoms with van der Waals surface area (Å²) in [5, 5.41) is 8.20. The van der Waals surface area contributed by atoms with Crippen molar-refractivity contribution in [3.05, 3.63) is 11.8 Å². The summed E-state index contributed by atoms with van der Waals surface area (Å²) in [6, 6.07) is 0.286. The number of rotatable bonds is 2. The summed E-state index contributed by atoms with van der Waals surface area (Å²) in [5.74, 6) is 1.40. The lowest BCUT2D eigenvalue weighted by atomic mass is 9.97. The van der Waals surface area contributed by atoms with Crippen LogP contribution in [0.4, 0.5) is 0 Å². The molecule has 1 aromatic rings. The molecule has 0 bridgehead atoms. The van der Waals surface area contributed by atoms with Crippen molar-refractivity contribution in [3.63, 3.8) is 0 Å². The van der Waals surface area contributed by atoms with Gasteiger partial charge in [0, 0.05) is 18.0 Å². The first kappa shape index (κ1) is 12.5. The number of nitrogens with zero attached hydrogens (tertiary/aromatic N) is 3. The molecule has 0 amide bonds. The van der Waals surface area contributed by atoms with Gasteiger partial charge in [-0.25, -0.2) is 0 Å². The monoisotopic (exact) mass is 238 g/mol. The lowest BCUT2D eigenvalue weighted by molar-refractivity contribution is 0.182. The molecule has 1 fully saturated rings. The van der Waals surface area contributed by atoms with Crippen LogP contribution < -0.4 is 5.73 Å². The maximum absolute atomic E-state index is 5.94. The van der Waals surface area contributed by atoms with E-state index in [0.29, 0.717) is 11.8 Å². The summed E-state index contributed by atoms with van der Waals surface area (Å²) in [5.41, 5.74) is 5.87. The number of hydrogen-bond donors (Lipinski definition) is 1. The lowest BCUT2D eigenvalue weighted by Gasteiger charge is -2.29. The van der Waals surface area contributed by atoms with E-state index >= 15 is 0 Å². The van der Waals surface area contributed by atoms with Gasteiger partial charge in [0.2, 0.25) is 11.8 Å². The summed E-state index contributed by atoms with van der Waals surface area (Å²) in [4.78, 5) is 2.29. The van der Waals surface area contributed by atoms with Gasteiger partial charge in [0.05, 0.1) is 6.54 Å². The molecule has 1 aliphatic heterocycles. The highest BCUT2D eigenvalue weighted by Crippen LogP contribution is 2.21. The van der Waals surface area contributed by atoms with Crippen molar-refractivity contribution in [3.8, 4) is 0 Å². The maximum Gasteiger partial charge on any atom is 0.230 e. The van der Waals surface area contributed by atoms with Crippen LogP contribution in [0.3, 0.4) is 0 Å². The average Bonchev–Trinajstić information content (AvgIpc) is 2.65. The zero-order chi connectivity index (χ0) is 12.5. The minimum atomic E-state index is -0.0798. The Kier molecular flexibility index (Phi) is 3.49. The molecule has 0 saturated carbocycles. The van der Waals surface area contributed by atoms with Gasteiger partial charge in [-0.2, -0.15) is 0 Å². The Hall–Kier alpha value is -0.940. The van der Waals surface area contributed by atoms with Crippen molar-refractivity contribution < 1.29 is 4.42 Å². The molecule has 2 heterocycles. The predicted octanol–water partition coefficient (Wildman–Crippen LogP) is 1.29. The van der Waals surface area contributed by atoms with E-state index in [0.717, 1.165) is 32.5 Å². The fourth-order valence-electron chi connectivity index (χ4n) is 2.05. The first-order chi connectivity index (χ1) is 7.95. The third-order valence-electron chi connectivity index (χ3n) is 3.01. The molecule has 0 aliphatic carbocycles. The van der Waals surface area contributed by atoms with Crippen LogP contribution in [0.25, 0.3) is 0 Å². The van der Waals surface area contributed by atoms with Crippen LogP contribution in [0.1, 0.15) is 45.4 Å². The third-order valence-corrected chi connectivity index (χ3v) is 3.01. The van der Waals surface area contributed by atoms with Gasteiger partial charge in [0.1, 0.15) is 0 Å². The van der Waals surface area contributed by atoms with E-state index in [1.54, 1.807) is 0 Å². The highest BCUT2D eigenvalue weighted by Gasteiger charge is 2.23. The summed E-state index contributed by atoms with van der Waals surface area (Å²) in [6.07, 6.45) is 2.27. The minimum Gasteiger partial charge on any atom is -0.423 e. The van der Waals surface area contributed by atoms with Crippen LogP contribution in [0.2, 0.25) is 0 Å². The molecule has 0 spiro atoms. The summed E-state index contributed by atoms with van der Waals surface area (Å²) >= 11 is 0. The first-order valence-electron chi connectivity index (χ1n) is 6.26. The van der Waals surface area contributed by atoms with E-state index in [-0.39, 0.29) is 11.5 Å². The molecule has 2 N–H and O–H groups in total. The van der Waals surface area contributed by atoms with E-state index in [2.05, 4.69) is 35.9 Å². The summed E-state index contributed by atoms with van der Waals surface area (Å²) < 4.78 is 5.68. The van der Waals surface area contributed by atoms with E-state index in [1.165, 1.54) is 0 Å². The van der Waals surface area contributed by atoms with Gasteiger partial charge in [-0.3, -0.25) is 4.90 Å². The molecule has 1 unspecified atom stereocenters. The van der Waals surface area contributed by atoms with Gasteiger partial charge in [0.15, 0.2) is 0 Å². The Bertz CT molecular complexity index is 369. The Morgan fingerprint density at radius 1 is 1.41 bits per heavy atom. The van der Waals surface area contributed by atoms with Crippen LogP contribution in [0, 0.1) is 0 Å². The molecule has 96 valence electrons. The average molecular weight is 238 g/mol. The van der Waals surface area contributed by atoms with Gasteiger partial charge < -0.3 is 10.2 Å². The number of aromatic nitrogens is 2. The number of hydrogen-bond acceptors (Lipinski definition) is 5. The standard InChI is InChI=1S/C12H22N4O/c1-12(2,3)11-15-14-10(17-11)8-16-6-4-5-9(13)7-16/h9H,4-8,13H2,1-3H3. The molecule has 5 heteroatoms. The molecule has 1 aliphatic rings. The second kappa shape index (κ2) is 4.74. The highest BCUT2D eigenvalue weighted by atomic mass is 16.4. The van der Waals surface area contributed by atoms with Crippen LogP contribution in [-0.4, -0.2) is 34.2 Å². The van der Waals surface area contributed by atoms with Crippen LogP contribution in [0.15, 0.2) is 4.42 Å². The third kappa shape index (κ3) is 3.26. The second-order valence-electron chi connectivity index (χ2n) is 5.89. The van der Waals surface area contributed by atoms with Crippen molar-refractivity contribution >= 4 is 0 Å². The molecule has 17 heavy (non-hydrogen) atoms. The van der Waals surface area contributed by atoms with E-state index in [1.807, 2.05) is 0 Å². The SMILES string of the molecule is CC(C)(C)c1nnc(CN2CCCC(N)C2)o1. The van der Waals surface area contributed by atoms with Crippen molar-refractivity contribution in [2.45, 2.75) is 51.6 Å². The lowest BCUT2D eigenvalue weighted by Crippen LogP contribution is -2.42.